The van der Waals surface area contributed by atoms with Crippen molar-refractivity contribution in [3.8, 4) is 0 Å². The van der Waals surface area contributed by atoms with Gasteiger partial charge >= 0.3 is 0 Å². The van der Waals surface area contributed by atoms with Crippen LogP contribution < -0.4 is 5.32 Å². The Balaban J connectivity index is 1.44. The minimum absolute atomic E-state index is 0.205. The van der Waals surface area contributed by atoms with Gasteiger partial charge in [0.25, 0.3) is 0 Å². The molecule has 126 valence electrons. The van der Waals surface area contributed by atoms with Crippen LogP contribution in [0.15, 0.2) is 66.9 Å². The number of hydrogen-bond acceptors (Lipinski definition) is 1. The van der Waals surface area contributed by atoms with Gasteiger partial charge in [0.05, 0.1) is 5.52 Å². The third kappa shape index (κ3) is 3.42. The van der Waals surface area contributed by atoms with Crippen molar-refractivity contribution < 1.29 is 4.39 Å². The summed E-state index contributed by atoms with van der Waals surface area (Å²) in [6.45, 7) is 0.904. The normalized spacial score (nSPS) is 18.0. The number of halogens is 1. The fourth-order valence-corrected chi connectivity index (χ4v) is 3.47. The fraction of sp³-hybridized carbons (Fsp3) is 0.182. The number of nitrogens with one attached hydrogen (secondary N) is 2. The molecule has 25 heavy (non-hydrogen) atoms. The van der Waals surface area contributed by atoms with E-state index in [1.54, 1.807) is 6.20 Å². The van der Waals surface area contributed by atoms with Crippen LogP contribution in [0.5, 0.6) is 0 Å². The van der Waals surface area contributed by atoms with Crippen molar-refractivity contribution in [3.05, 3.63) is 83.8 Å². The second-order valence-electron chi connectivity index (χ2n) is 6.45. The summed E-state index contributed by atoms with van der Waals surface area (Å²) in [5.41, 5.74) is 4.35. The first-order valence-corrected chi connectivity index (χ1v) is 8.71. The summed E-state index contributed by atoms with van der Waals surface area (Å²) >= 11 is 0. The van der Waals surface area contributed by atoms with Gasteiger partial charge in [-0.25, -0.2) is 4.39 Å². The van der Waals surface area contributed by atoms with Crippen LogP contribution in [0.1, 0.15) is 24.0 Å². The second-order valence-corrected chi connectivity index (χ2v) is 6.45. The minimum atomic E-state index is -0.205. The second kappa shape index (κ2) is 7.08. The van der Waals surface area contributed by atoms with E-state index in [4.69, 9.17) is 0 Å². The highest BCUT2D eigenvalue weighted by Gasteiger charge is 2.14. The minimum Gasteiger partial charge on any atom is -0.359 e. The molecule has 1 aromatic heterocycles. The molecule has 1 unspecified atom stereocenters. The zero-order valence-corrected chi connectivity index (χ0v) is 14.0. The molecule has 2 nitrogen and oxygen atoms in total. The smallest absolute Gasteiger partial charge is 0.147 e. The van der Waals surface area contributed by atoms with Gasteiger partial charge in [0.1, 0.15) is 5.82 Å². The predicted molar refractivity (Wildman–Crippen MR) is 103 cm³/mol. The molecule has 1 atom stereocenters. The molecule has 3 heteroatoms. The van der Waals surface area contributed by atoms with E-state index in [1.807, 2.05) is 12.1 Å². The Morgan fingerprint density at radius 2 is 1.96 bits per heavy atom. The lowest BCUT2D eigenvalue weighted by Gasteiger charge is -2.23. The number of rotatable bonds is 4. The summed E-state index contributed by atoms with van der Waals surface area (Å²) in [5.74, 6) is -0.205. The Labute approximate surface area is 147 Å². The zero-order chi connectivity index (χ0) is 17.1. The lowest BCUT2D eigenvalue weighted by atomic mass is 9.93. The van der Waals surface area contributed by atoms with Crippen molar-refractivity contribution in [3.63, 3.8) is 0 Å². The maximum atomic E-state index is 13.7. The maximum absolute atomic E-state index is 13.7. The van der Waals surface area contributed by atoms with Gasteiger partial charge < -0.3 is 10.3 Å². The van der Waals surface area contributed by atoms with Gasteiger partial charge in [-0.15, -0.1) is 0 Å². The highest BCUT2D eigenvalue weighted by molar-refractivity contribution is 5.88. The van der Waals surface area contributed by atoms with Gasteiger partial charge in [0, 0.05) is 24.2 Å². The Kier molecular flexibility index (Phi) is 4.49. The van der Waals surface area contributed by atoms with Crippen molar-refractivity contribution in [2.45, 2.75) is 18.9 Å². The third-order valence-corrected chi connectivity index (χ3v) is 4.79. The Morgan fingerprint density at radius 1 is 1.08 bits per heavy atom. The average molecular weight is 332 g/mol. The highest BCUT2D eigenvalue weighted by Crippen LogP contribution is 2.25. The molecule has 0 spiro atoms. The van der Waals surface area contributed by atoms with Crippen LogP contribution in [-0.2, 0) is 0 Å². The molecule has 2 aromatic carbocycles. The molecule has 0 radical (unpaired) electrons. The molecule has 2 N–H and O–H groups in total. The van der Waals surface area contributed by atoms with Gasteiger partial charge in [0.15, 0.2) is 0 Å². The first kappa shape index (κ1) is 15.9. The van der Waals surface area contributed by atoms with E-state index in [1.165, 1.54) is 17.2 Å². The van der Waals surface area contributed by atoms with Crippen molar-refractivity contribution in [2.24, 2.45) is 0 Å². The number of aromatic amines is 1. The van der Waals surface area contributed by atoms with Crippen molar-refractivity contribution >= 4 is 22.6 Å². The Morgan fingerprint density at radius 3 is 2.84 bits per heavy atom. The molecule has 0 aliphatic carbocycles. The standard InChI is InChI=1S/C22H21FN2/c23-21-10-9-17(20-12-14-25-22(20)21)7-4-8-19-15-18(11-13-24-19)16-5-2-1-3-6-16/h1-7,9-12,14,19,24-25H,8,13,15H2/b7-4+. The maximum Gasteiger partial charge on any atom is 0.147 e. The lowest BCUT2D eigenvalue weighted by Crippen LogP contribution is -2.32. The molecule has 0 bridgehead atoms. The number of H-pyrrole nitrogens is 1. The first-order valence-electron chi connectivity index (χ1n) is 8.71. The van der Waals surface area contributed by atoms with Crippen molar-refractivity contribution in [1.82, 2.24) is 10.3 Å². The van der Waals surface area contributed by atoms with Crippen LogP contribution in [0.4, 0.5) is 4.39 Å². The van der Waals surface area contributed by atoms with E-state index >= 15 is 0 Å². The molecule has 1 aliphatic heterocycles. The van der Waals surface area contributed by atoms with Crippen LogP contribution in [0, 0.1) is 5.82 Å². The molecule has 0 saturated heterocycles. The molecule has 1 aliphatic rings. The number of hydrogen-bond donors (Lipinski definition) is 2. The summed E-state index contributed by atoms with van der Waals surface area (Å²) in [7, 11) is 0. The molecule has 0 amide bonds. The molecular weight excluding hydrogens is 311 g/mol. The Bertz CT molecular complexity index is 922. The van der Waals surface area contributed by atoms with Crippen molar-refractivity contribution in [2.75, 3.05) is 6.54 Å². The summed E-state index contributed by atoms with van der Waals surface area (Å²) in [6, 6.07) is 16.3. The summed E-state index contributed by atoms with van der Waals surface area (Å²) in [6.07, 6.45) is 10.3. The first-order chi connectivity index (χ1) is 12.3. The lowest BCUT2D eigenvalue weighted by molar-refractivity contribution is 0.542. The number of fused-ring (bicyclic) bond motifs is 1. The van der Waals surface area contributed by atoms with Gasteiger partial charge in [-0.1, -0.05) is 54.6 Å². The van der Waals surface area contributed by atoms with Crippen LogP contribution >= 0.6 is 0 Å². The van der Waals surface area contributed by atoms with E-state index in [9.17, 15) is 4.39 Å². The van der Waals surface area contributed by atoms with Gasteiger partial charge in [-0.05, 0) is 41.7 Å². The van der Waals surface area contributed by atoms with E-state index in [2.05, 4.69) is 58.9 Å². The molecule has 0 saturated carbocycles. The average Bonchev–Trinajstić information content (AvgIpc) is 3.16. The summed E-state index contributed by atoms with van der Waals surface area (Å²) < 4.78 is 13.7. The molecular formula is C22H21FN2. The number of aromatic nitrogens is 1. The molecule has 3 aromatic rings. The fourth-order valence-electron chi connectivity index (χ4n) is 3.47. The van der Waals surface area contributed by atoms with Crippen LogP contribution in [0.25, 0.3) is 22.6 Å². The van der Waals surface area contributed by atoms with E-state index in [0.717, 1.165) is 30.3 Å². The Hall–Kier alpha value is -2.65. The van der Waals surface area contributed by atoms with Gasteiger partial charge in [-0.2, -0.15) is 0 Å². The predicted octanol–water partition coefficient (Wildman–Crippen LogP) is 5.16. The largest absolute Gasteiger partial charge is 0.359 e. The summed E-state index contributed by atoms with van der Waals surface area (Å²) in [5, 5.41) is 4.48. The SMILES string of the molecule is Fc1ccc(/C=C/CC2CC(c3ccccc3)=CCN2)c2cc[nH]c12. The quantitative estimate of drug-likeness (QED) is 0.679. The van der Waals surface area contributed by atoms with Gasteiger partial charge in [-0.3, -0.25) is 0 Å². The van der Waals surface area contributed by atoms with Gasteiger partial charge in [0.2, 0.25) is 0 Å². The van der Waals surface area contributed by atoms with Crippen LogP contribution in [0.2, 0.25) is 0 Å². The van der Waals surface area contributed by atoms with E-state index in [0.29, 0.717) is 11.6 Å². The van der Waals surface area contributed by atoms with Crippen molar-refractivity contribution in [1.29, 1.82) is 0 Å². The molecule has 2 heterocycles. The van der Waals surface area contributed by atoms with E-state index < -0.39 is 0 Å². The van der Waals surface area contributed by atoms with E-state index in [-0.39, 0.29) is 5.82 Å². The number of benzene rings is 2. The summed E-state index contributed by atoms with van der Waals surface area (Å²) in [4.78, 5) is 2.96. The monoisotopic (exact) mass is 332 g/mol. The zero-order valence-electron chi connectivity index (χ0n) is 14.0. The molecule has 4 rings (SSSR count). The van der Waals surface area contributed by atoms with Crippen LogP contribution in [0.3, 0.4) is 0 Å². The third-order valence-electron chi connectivity index (χ3n) is 4.79. The highest BCUT2D eigenvalue weighted by atomic mass is 19.1. The van der Waals surface area contributed by atoms with Crippen LogP contribution in [-0.4, -0.2) is 17.6 Å². The molecule has 0 fully saturated rings. The topological polar surface area (TPSA) is 27.8 Å².